The topological polar surface area (TPSA) is 59.8 Å². The van der Waals surface area contributed by atoms with Crippen molar-refractivity contribution in [3.8, 4) is 0 Å². The number of anilines is 1. The number of pyridine rings is 1. The van der Waals surface area contributed by atoms with Gasteiger partial charge in [-0.05, 0) is 32.4 Å². The molecule has 106 valence electrons. The van der Waals surface area contributed by atoms with Crippen molar-refractivity contribution in [1.29, 1.82) is 0 Å². The number of hydrogen-bond acceptors (Lipinski definition) is 3. The van der Waals surface area contributed by atoms with Crippen molar-refractivity contribution in [3.63, 3.8) is 0 Å². The maximum Gasteiger partial charge on any atom is 0.249 e. The SMILES string of the molecule is CCC(C(=O)Nc1ccncc1)n1nc(C)c(Cl)c1C. The summed E-state index contributed by atoms with van der Waals surface area (Å²) in [4.78, 5) is 16.3. The molecule has 0 spiro atoms. The second-order valence-electron chi connectivity index (χ2n) is 4.58. The van der Waals surface area contributed by atoms with Gasteiger partial charge in [-0.1, -0.05) is 18.5 Å². The number of nitrogens with zero attached hydrogens (tertiary/aromatic N) is 3. The number of halogens is 1. The molecular weight excluding hydrogens is 276 g/mol. The summed E-state index contributed by atoms with van der Waals surface area (Å²) in [6, 6.07) is 3.12. The Bertz CT molecular complexity index is 609. The van der Waals surface area contributed by atoms with E-state index >= 15 is 0 Å². The Morgan fingerprint density at radius 2 is 2.05 bits per heavy atom. The molecule has 2 aromatic rings. The van der Waals surface area contributed by atoms with Crippen LogP contribution >= 0.6 is 11.6 Å². The molecule has 0 bridgehead atoms. The quantitative estimate of drug-likeness (QED) is 0.942. The molecule has 6 heteroatoms. The highest BCUT2D eigenvalue weighted by Crippen LogP contribution is 2.24. The molecule has 0 aliphatic heterocycles. The summed E-state index contributed by atoms with van der Waals surface area (Å²) >= 11 is 6.14. The average Bonchev–Trinajstić information content (AvgIpc) is 2.69. The second-order valence-corrected chi connectivity index (χ2v) is 4.96. The van der Waals surface area contributed by atoms with E-state index in [1.54, 1.807) is 29.2 Å². The van der Waals surface area contributed by atoms with Crippen molar-refractivity contribution in [2.75, 3.05) is 5.32 Å². The molecule has 0 saturated heterocycles. The van der Waals surface area contributed by atoms with Crippen molar-refractivity contribution in [3.05, 3.63) is 40.9 Å². The lowest BCUT2D eigenvalue weighted by Crippen LogP contribution is -2.27. The Morgan fingerprint density at radius 1 is 1.40 bits per heavy atom. The third-order valence-electron chi connectivity index (χ3n) is 3.17. The average molecular weight is 293 g/mol. The minimum Gasteiger partial charge on any atom is -0.324 e. The molecule has 20 heavy (non-hydrogen) atoms. The third-order valence-corrected chi connectivity index (χ3v) is 3.72. The Morgan fingerprint density at radius 3 is 2.55 bits per heavy atom. The zero-order valence-electron chi connectivity index (χ0n) is 11.7. The van der Waals surface area contributed by atoms with E-state index in [4.69, 9.17) is 11.6 Å². The predicted molar refractivity (Wildman–Crippen MR) is 78.9 cm³/mol. The molecule has 2 heterocycles. The Balaban J connectivity index is 2.23. The van der Waals surface area contributed by atoms with Gasteiger partial charge in [-0.25, -0.2) is 0 Å². The van der Waals surface area contributed by atoms with Gasteiger partial charge in [-0.3, -0.25) is 14.5 Å². The number of aryl methyl sites for hydroxylation is 1. The van der Waals surface area contributed by atoms with Crippen LogP contribution in [0.15, 0.2) is 24.5 Å². The first-order valence-electron chi connectivity index (χ1n) is 6.46. The number of nitrogens with one attached hydrogen (secondary N) is 1. The number of carbonyl (C=O) groups is 1. The van der Waals surface area contributed by atoms with Gasteiger partial charge in [0.2, 0.25) is 5.91 Å². The van der Waals surface area contributed by atoms with E-state index in [9.17, 15) is 4.79 Å². The van der Waals surface area contributed by atoms with Crippen LogP contribution in [0.3, 0.4) is 0 Å². The minimum atomic E-state index is -0.380. The van der Waals surface area contributed by atoms with Crippen LogP contribution in [0.4, 0.5) is 5.69 Å². The van der Waals surface area contributed by atoms with Crippen molar-refractivity contribution >= 4 is 23.2 Å². The predicted octanol–water partition coefficient (Wildman–Crippen LogP) is 3.14. The van der Waals surface area contributed by atoms with E-state index < -0.39 is 0 Å². The number of amides is 1. The first kappa shape index (κ1) is 14.5. The summed E-state index contributed by atoms with van der Waals surface area (Å²) in [6.07, 6.45) is 3.91. The van der Waals surface area contributed by atoms with Gasteiger partial charge >= 0.3 is 0 Å². The lowest BCUT2D eigenvalue weighted by atomic mass is 10.2. The molecule has 1 amide bonds. The molecule has 0 aromatic carbocycles. The van der Waals surface area contributed by atoms with Crippen LogP contribution in [0.2, 0.25) is 5.02 Å². The van der Waals surface area contributed by atoms with Gasteiger partial charge in [-0.2, -0.15) is 5.10 Å². The molecule has 5 nitrogen and oxygen atoms in total. The van der Waals surface area contributed by atoms with Crippen LogP contribution in [0.25, 0.3) is 0 Å². The molecule has 0 radical (unpaired) electrons. The van der Waals surface area contributed by atoms with E-state index in [0.29, 0.717) is 11.4 Å². The van der Waals surface area contributed by atoms with E-state index in [2.05, 4.69) is 15.4 Å². The highest BCUT2D eigenvalue weighted by atomic mass is 35.5. The van der Waals surface area contributed by atoms with Crippen LogP contribution < -0.4 is 5.32 Å². The lowest BCUT2D eigenvalue weighted by molar-refractivity contribution is -0.119. The fourth-order valence-electron chi connectivity index (χ4n) is 2.08. The Hall–Kier alpha value is -1.88. The molecule has 1 N–H and O–H groups in total. The van der Waals surface area contributed by atoms with Crippen molar-refractivity contribution in [1.82, 2.24) is 14.8 Å². The van der Waals surface area contributed by atoms with Crippen molar-refractivity contribution in [2.24, 2.45) is 0 Å². The largest absolute Gasteiger partial charge is 0.324 e. The summed E-state index contributed by atoms with van der Waals surface area (Å²) in [6.45, 7) is 5.64. The highest BCUT2D eigenvalue weighted by molar-refractivity contribution is 6.31. The Kier molecular flexibility index (Phi) is 4.39. The normalized spacial score (nSPS) is 12.2. The second kappa shape index (κ2) is 6.05. The van der Waals surface area contributed by atoms with Crippen molar-refractivity contribution in [2.45, 2.75) is 33.2 Å². The zero-order valence-corrected chi connectivity index (χ0v) is 12.5. The number of hydrogen-bond donors (Lipinski definition) is 1. The fourth-order valence-corrected chi connectivity index (χ4v) is 2.20. The number of carbonyl (C=O) groups excluding carboxylic acids is 1. The van der Waals surface area contributed by atoms with E-state index in [1.165, 1.54) is 0 Å². The Labute approximate surface area is 123 Å². The van der Waals surface area contributed by atoms with E-state index in [1.807, 2.05) is 20.8 Å². The molecule has 0 saturated carbocycles. The molecule has 1 atom stereocenters. The van der Waals surface area contributed by atoms with Crippen molar-refractivity contribution < 1.29 is 4.79 Å². The maximum absolute atomic E-state index is 12.4. The molecule has 0 fully saturated rings. The zero-order chi connectivity index (χ0) is 14.7. The van der Waals surface area contributed by atoms with Crippen LogP contribution in [0.1, 0.15) is 30.8 Å². The summed E-state index contributed by atoms with van der Waals surface area (Å²) in [5, 5.41) is 7.83. The van der Waals surface area contributed by atoms with Crippen LogP contribution in [-0.2, 0) is 4.79 Å². The monoisotopic (exact) mass is 292 g/mol. The molecule has 1 unspecified atom stereocenters. The van der Waals surface area contributed by atoms with Gasteiger partial charge in [0, 0.05) is 18.1 Å². The third kappa shape index (κ3) is 2.82. The van der Waals surface area contributed by atoms with Crippen LogP contribution in [0.5, 0.6) is 0 Å². The summed E-state index contributed by atoms with van der Waals surface area (Å²) in [7, 11) is 0. The van der Waals surface area contributed by atoms with E-state index in [0.717, 1.165) is 17.1 Å². The summed E-state index contributed by atoms with van der Waals surface area (Å²) in [5.41, 5.74) is 2.26. The van der Waals surface area contributed by atoms with Gasteiger partial charge in [-0.15, -0.1) is 0 Å². The molecule has 0 aliphatic rings. The standard InChI is InChI=1S/C14H17ClN4O/c1-4-12(19-10(3)13(15)9(2)18-19)14(20)17-11-5-7-16-8-6-11/h5-8,12H,4H2,1-3H3,(H,16,17,20). The highest BCUT2D eigenvalue weighted by Gasteiger charge is 2.23. The van der Waals surface area contributed by atoms with Gasteiger partial charge < -0.3 is 5.32 Å². The first-order chi connectivity index (χ1) is 9.54. The molecule has 2 rings (SSSR count). The molecule has 0 aliphatic carbocycles. The minimum absolute atomic E-state index is 0.110. The van der Waals surface area contributed by atoms with Gasteiger partial charge in [0.1, 0.15) is 6.04 Å². The fraction of sp³-hybridized carbons (Fsp3) is 0.357. The number of aromatic nitrogens is 3. The smallest absolute Gasteiger partial charge is 0.249 e. The van der Waals surface area contributed by atoms with Gasteiger partial charge in [0.05, 0.1) is 16.4 Å². The van der Waals surface area contributed by atoms with E-state index in [-0.39, 0.29) is 11.9 Å². The van der Waals surface area contributed by atoms with Crippen LogP contribution in [0, 0.1) is 13.8 Å². The molecular formula is C14H17ClN4O. The van der Waals surface area contributed by atoms with Crippen LogP contribution in [-0.4, -0.2) is 20.7 Å². The van der Waals surface area contributed by atoms with Gasteiger partial charge in [0.15, 0.2) is 0 Å². The molecule has 2 aromatic heterocycles. The van der Waals surface area contributed by atoms with Gasteiger partial charge in [0.25, 0.3) is 0 Å². The number of rotatable bonds is 4. The summed E-state index contributed by atoms with van der Waals surface area (Å²) in [5.74, 6) is -0.110. The summed E-state index contributed by atoms with van der Waals surface area (Å²) < 4.78 is 1.69. The maximum atomic E-state index is 12.4. The lowest BCUT2D eigenvalue weighted by Gasteiger charge is -2.17. The first-order valence-corrected chi connectivity index (χ1v) is 6.84.